The molecule has 0 unspecified atom stereocenters. The fourth-order valence-corrected chi connectivity index (χ4v) is 3.75. The smallest absolute Gasteiger partial charge is 0.299 e. The first kappa shape index (κ1) is 21.8. The zero-order valence-corrected chi connectivity index (χ0v) is 17.3. The molecule has 8 nitrogen and oxygen atoms in total. The van der Waals surface area contributed by atoms with Crippen LogP contribution in [0.25, 0.3) is 11.3 Å². The molecule has 0 saturated heterocycles. The van der Waals surface area contributed by atoms with E-state index in [-0.39, 0.29) is 23.3 Å². The largest absolute Gasteiger partial charge is 0.495 e. The molecular weight excluding hydrogens is 413 g/mol. The third-order valence-electron chi connectivity index (χ3n) is 4.17. The van der Waals surface area contributed by atoms with Gasteiger partial charge in [-0.2, -0.15) is 0 Å². The first-order chi connectivity index (χ1) is 14.4. The van der Waals surface area contributed by atoms with Crippen LogP contribution in [0.15, 0.2) is 58.0 Å². The molecule has 3 aromatic rings. The fraction of sp³-hybridized carbons (Fsp3) is 0.250. The molecule has 160 valence electrons. The van der Waals surface area contributed by atoms with Crippen LogP contribution in [0.4, 0.5) is 16.1 Å². The minimum absolute atomic E-state index is 0.0635. The van der Waals surface area contributed by atoms with Crippen LogP contribution in [0.2, 0.25) is 0 Å². The molecule has 0 fully saturated rings. The zero-order valence-electron chi connectivity index (χ0n) is 16.5. The molecule has 2 aromatic carbocycles. The van der Waals surface area contributed by atoms with Gasteiger partial charge in [0.05, 0.1) is 23.9 Å². The summed E-state index contributed by atoms with van der Waals surface area (Å²) in [5, 5.41) is 2.92. The van der Waals surface area contributed by atoms with Crippen LogP contribution in [0.1, 0.15) is 6.42 Å². The normalized spacial score (nSPS) is 11.4. The Kier molecular flexibility index (Phi) is 7.03. The van der Waals surface area contributed by atoms with Crippen LogP contribution < -0.4 is 14.8 Å². The number of methoxy groups -OCH3 is 2. The molecule has 0 aliphatic rings. The molecule has 0 radical (unpaired) electrons. The van der Waals surface area contributed by atoms with Crippen molar-refractivity contribution in [3.05, 3.63) is 54.5 Å². The zero-order chi connectivity index (χ0) is 21.6. The van der Waals surface area contributed by atoms with Crippen molar-refractivity contribution in [3.8, 4) is 17.1 Å². The van der Waals surface area contributed by atoms with E-state index < -0.39 is 10.0 Å². The second-order valence-electron chi connectivity index (χ2n) is 6.27. The summed E-state index contributed by atoms with van der Waals surface area (Å²) in [5.74, 6) is 0.491. The fourth-order valence-electron chi connectivity index (χ4n) is 2.65. The van der Waals surface area contributed by atoms with Gasteiger partial charge in [-0.3, -0.25) is 0 Å². The van der Waals surface area contributed by atoms with Crippen molar-refractivity contribution in [2.45, 2.75) is 11.3 Å². The Labute approximate surface area is 174 Å². The Morgan fingerprint density at radius 1 is 1.13 bits per heavy atom. The molecule has 2 N–H and O–H groups in total. The highest BCUT2D eigenvalue weighted by molar-refractivity contribution is 7.89. The number of ether oxygens (including phenoxy) is 2. The lowest BCUT2D eigenvalue weighted by Gasteiger charge is -2.12. The third-order valence-corrected chi connectivity index (χ3v) is 5.63. The van der Waals surface area contributed by atoms with Gasteiger partial charge >= 0.3 is 0 Å². The SMILES string of the molecule is COCCCNS(=O)(=O)c1ccc(OC)c(Nc2ncc(-c3ccc(F)cc3)o2)c1. The van der Waals surface area contributed by atoms with Gasteiger partial charge in [-0.15, -0.1) is 0 Å². The van der Waals surface area contributed by atoms with Crippen LogP contribution >= 0.6 is 0 Å². The van der Waals surface area contributed by atoms with E-state index in [0.717, 1.165) is 0 Å². The maximum absolute atomic E-state index is 13.1. The second-order valence-corrected chi connectivity index (χ2v) is 8.03. The lowest BCUT2D eigenvalue weighted by Crippen LogP contribution is -2.25. The Balaban J connectivity index is 1.80. The molecule has 30 heavy (non-hydrogen) atoms. The van der Waals surface area contributed by atoms with Crippen molar-refractivity contribution in [3.63, 3.8) is 0 Å². The highest BCUT2D eigenvalue weighted by Crippen LogP contribution is 2.31. The summed E-state index contributed by atoms with van der Waals surface area (Å²) in [6.07, 6.45) is 2.04. The first-order valence-electron chi connectivity index (χ1n) is 9.08. The molecule has 0 spiro atoms. The molecule has 0 bridgehead atoms. The van der Waals surface area contributed by atoms with Crippen LogP contribution in [0, 0.1) is 5.82 Å². The lowest BCUT2D eigenvalue weighted by atomic mass is 10.2. The maximum atomic E-state index is 13.1. The van der Waals surface area contributed by atoms with Crippen LogP contribution in [-0.2, 0) is 14.8 Å². The van der Waals surface area contributed by atoms with E-state index in [4.69, 9.17) is 13.9 Å². The number of nitrogens with zero attached hydrogens (tertiary/aromatic N) is 1. The van der Waals surface area contributed by atoms with Crippen molar-refractivity contribution in [1.29, 1.82) is 0 Å². The molecule has 10 heteroatoms. The average molecular weight is 435 g/mol. The predicted octanol–water partition coefficient (Wildman–Crippen LogP) is 3.55. The van der Waals surface area contributed by atoms with Gasteiger partial charge in [0.2, 0.25) is 10.0 Å². The van der Waals surface area contributed by atoms with E-state index in [1.54, 1.807) is 19.2 Å². The minimum atomic E-state index is -3.71. The monoisotopic (exact) mass is 435 g/mol. The summed E-state index contributed by atoms with van der Waals surface area (Å²) in [7, 11) is -0.685. The number of anilines is 2. The summed E-state index contributed by atoms with van der Waals surface area (Å²) in [4.78, 5) is 4.21. The summed E-state index contributed by atoms with van der Waals surface area (Å²) >= 11 is 0. The molecule has 3 rings (SSSR count). The van der Waals surface area contributed by atoms with Gasteiger partial charge in [-0.05, 0) is 48.9 Å². The molecule has 0 aliphatic heterocycles. The van der Waals surface area contributed by atoms with E-state index in [9.17, 15) is 12.8 Å². The third kappa shape index (κ3) is 5.35. The number of aromatic nitrogens is 1. The summed E-state index contributed by atoms with van der Waals surface area (Å²) < 4.78 is 56.5. The van der Waals surface area contributed by atoms with Crippen molar-refractivity contribution >= 4 is 21.7 Å². The van der Waals surface area contributed by atoms with Crippen molar-refractivity contribution < 1.29 is 26.7 Å². The van der Waals surface area contributed by atoms with Gasteiger partial charge in [-0.25, -0.2) is 22.5 Å². The Bertz CT molecular complexity index is 1080. The van der Waals surface area contributed by atoms with Gasteiger partial charge in [-0.1, -0.05) is 0 Å². The number of oxazole rings is 1. The van der Waals surface area contributed by atoms with E-state index in [0.29, 0.717) is 35.8 Å². The summed E-state index contributed by atoms with van der Waals surface area (Å²) in [6, 6.07) is 10.3. The first-order valence-corrected chi connectivity index (χ1v) is 10.6. The quantitative estimate of drug-likeness (QED) is 0.470. The molecular formula is C20H22FN3O5S. The highest BCUT2D eigenvalue weighted by Gasteiger charge is 2.17. The van der Waals surface area contributed by atoms with Crippen molar-refractivity contribution in [1.82, 2.24) is 9.71 Å². The topological polar surface area (TPSA) is 103 Å². The van der Waals surface area contributed by atoms with E-state index >= 15 is 0 Å². The standard InChI is InChI=1S/C20H22FN3O5S/c1-27-11-3-10-23-30(25,26)16-8-9-18(28-2)17(12-16)24-20-22-13-19(29-20)14-4-6-15(21)7-5-14/h4-9,12-13,23H,3,10-11H2,1-2H3,(H,22,24). The number of halogens is 1. The Morgan fingerprint density at radius 2 is 1.90 bits per heavy atom. The molecule has 1 aromatic heterocycles. The van der Waals surface area contributed by atoms with Gasteiger partial charge < -0.3 is 19.2 Å². The van der Waals surface area contributed by atoms with Gasteiger partial charge in [0.1, 0.15) is 11.6 Å². The van der Waals surface area contributed by atoms with E-state index in [2.05, 4.69) is 15.0 Å². The highest BCUT2D eigenvalue weighted by atomic mass is 32.2. The molecule has 1 heterocycles. The van der Waals surface area contributed by atoms with E-state index in [1.807, 2.05) is 0 Å². The van der Waals surface area contributed by atoms with Crippen molar-refractivity contribution in [2.24, 2.45) is 0 Å². The number of hydrogen-bond donors (Lipinski definition) is 2. The Hall–Kier alpha value is -2.95. The van der Waals surface area contributed by atoms with Crippen LogP contribution in [0.5, 0.6) is 5.75 Å². The molecule has 0 atom stereocenters. The van der Waals surface area contributed by atoms with Gasteiger partial charge in [0, 0.05) is 25.8 Å². The predicted molar refractivity (Wildman–Crippen MR) is 110 cm³/mol. The number of nitrogens with one attached hydrogen (secondary N) is 2. The lowest BCUT2D eigenvalue weighted by molar-refractivity contribution is 0.196. The molecule has 0 aliphatic carbocycles. The second kappa shape index (κ2) is 9.70. The van der Waals surface area contributed by atoms with Crippen LogP contribution in [-0.4, -0.2) is 40.8 Å². The number of benzene rings is 2. The molecule has 0 saturated carbocycles. The number of hydrogen-bond acceptors (Lipinski definition) is 7. The Morgan fingerprint density at radius 3 is 2.60 bits per heavy atom. The summed E-state index contributed by atoms with van der Waals surface area (Å²) in [5.41, 5.74) is 1.02. The minimum Gasteiger partial charge on any atom is -0.495 e. The maximum Gasteiger partial charge on any atom is 0.299 e. The van der Waals surface area contributed by atoms with Crippen molar-refractivity contribution in [2.75, 3.05) is 32.7 Å². The summed E-state index contributed by atoms with van der Waals surface area (Å²) in [6.45, 7) is 0.713. The average Bonchev–Trinajstić information content (AvgIpc) is 3.20. The number of rotatable bonds is 10. The molecule has 0 amide bonds. The van der Waals surface area contributed by atoms with Gasteiger partial charge in [0.25, 0.3) is 6.01 Å². The van der Waals surface area contributed by atoms with E-state index in [1.165, 1.54) is 43.6 Å². The number of sulfonamides is 1. The van der Waals surface area contributed by atoms with Crippen LogP contribution in [0.3, 0.4) is 0 Å². The van der Waals surface area contributed by atoms with Gasteiger partial charge in [0.15, 0.2) is 5.76 Å².